The monoisotopic (exact) mass is 630 g/mol. The Morgan fingerprint density at radius 2 is 0.959 bits per heavy atom. The lowest BCUT2D eigenvalue weighted by Gasteiger charge is -2.36. The number of nitrogens with zero attached hydrogens (tertiary/aromatic N) is 2. The fourth-order valence-electron chi connectivity index (χ4n) is 8.34. The standard InChI is InChI=1S/C47H38N2/c1-32-19-20-38(46-48-44(35-13-5-2-6-14-35)31-45(49-46)36-15-7-3-8-16-36)30-40(32)34-23-21-33(22-24-34)37-25-26-43-41(29-37)39-17-9-10-18-42(39)47(43)27-11-4-12-28-47/h2-3,5-10,13-26,29-31H,4,11-12,27-28H2,1H3. The van der Waals surface area contributed by atoms with E-state index in [1.807, 2.05) is 12.1 Å². The van der Waals surface area contributed by atoms with Crippen LogP contribution in [0.25, 0.3) is 67.3 Å². The maximum atomic E-state index is 5.08. The zero-order valence-electron chi connectivity index (χ0n) is 27.9. The second kappa shape index (κ2) is 12.1. The van der Waals surface area contributed by atoms with Gasteiger partial charge in [0.05, 0.1) is 11.4 Å². The molecule has 0 atom stereocenters. The van der Waals surface area contributed by atoms with E-state index in [2.05, 4.69) is 146 Å². The molecule has 0 bridgehead atoms. The first-order valence-corrected chi connectivity index (χ1v) is 17.6. The van der Waals surface area contributed by atoms with E-state index in [1.54, 1.807) is 5.56 Å². The summed E-state index contributed by atoms with van der Waals surface area (Å²) in [7, 11) is 0. The van der Waals surface area contributed by atoms with E-state index in [0.717, 1.165) is 33.9 Å². The van der Waals surface area contributed by atoms with E-state index in [0.29, 0.717) is 0 Å². The summed E-state index contributed by atoms with van der Waals surface area (Å²) in [6.07, 6.45) is 6.51. The van der Waals surface area contributed by atoms with Crippen LogP contribution >= 0.6 is 0 Å². The maximum absolute atomic E-state index is 5.08. The van der Waals surface area contributed by atoms with Crippen molar-refractivity contribution in [2.24, 2.45) is 0 Å². The van der Waals surface area contributed by atoms with Gasteiger partial charge in [0, 0.05) is 22.1 Å². The minimum atomic E-state index is 0.196. The van der Waals surface area contributed by atoms with Crippen LogP contribution in [0.5, 0.6) is 0 Å². The van der Waals surface area contributed by atoms with E-state index in [4.69, 9.17) is 9.97 Å². The number of rotatable bonds is 5. The number of aryl methyl sites for hydroxylation is 1. The number of benzene rings is 6. The number of hydrogen-bond acceptors (Lipinski definition) is 2. The molecule has 7 aromatic rings. The lowest BCUT2D eigenvalue weighted by atomic mass is 9.68. The summed E-state index contributed by atoms with van der Waals surface area (Å²) in [6, 6.07) is 54.9. The summed E-state index contributed by atoms with van der Waals surface area (Å²) >= 11 is 0. The highest BCUT2D eigenvalue weighted by Crippen LogP contribution is 2.56. The van der Waals surface area contributed by atoms with Crippen LogP contribution in [0.1, 0.15) is 48.8 Å². The Balaban J connectivity index is 1.07. The van der Waals surface area contributed by atoms with Crippen LogP contribution in [-0.2, 0) is 5.41 Å². The molecule has 2 aliphatic rings. The SMILES string of the molecule is Cc1ccc(-c2nc(-c3ccccc3)cc(-c3ccccc3)n2)cc1-c1ccc(-c2ccc3c(c2)-c2ccccc2C32CCCCC2)cc1. The molecule has 2 nitrogen and oxygen atoms in total. The highest BCUT2D eigenvalue weighted by atomic mass is 14.9. The van der Waals surface area contributed by atoms with Gasteiger partial charge in [-0.25, -0.2) is 9.97 Å². The van der Waals surface area contributed by atoms with Crippen LogP contribution in [0.4, 0.5) is 0 Å². The quantitative estimate of drug-likeness (QED) is 0.189. The van der Waals surface area contributed by atoms with Crippen molar-refractivity contribution in [2.75, 3.05) is 0 Å². The minimum Gasteiger partial charge on any atom is -0.228 e. The van der Waals surface area contributed by atoms with Crippen LogP contribution < -0.4 is 0 Å². The Labute approximate surface area is 289 Å². The molecular weight excluding hydrogens is 593 g/mol. The van der Waals surface area contributed by atoms with Gasteiger partial charge in [0.15, 0.2) is 5.82 Å². The number of fused-ring (bicyclic) bond motifs is 5. The Hall–Kier alpha value is -5.60. The Kier molecular flexibility index (Phi) is 7.31. The zero-order valence-corrected chi connectivity index (χ0v) is 27.9. The van der Waals surface area contributed by atoms with Crippen molar-refractivity contribution in [3.05, 3.63) is 168 Å². The Morgan fingerprint density at radius 3 is 1.65 bits per heavy atom. The maximum Gasteiger partial charge on any atom is 0.160 e. The van der Waals surface area contributed by atoms with Crippen molar-refractivity contribution in [3.63, 3.8) is 0 Å². The molecule has 1 spiro atoms. The van der Waals surface area contributed by atoms with Gasteiger partial charge in [-0.2, -0.15) is 0 Å². The molecule has 1 saturated carbocycles. The van der Waals surface area contributed by atoms with Gasteiger partial charge in [0.1, 0.15) is 0 Å². The average Bonchev–Trinajstić information content (AvgIpc) is 3.44. The molecule has 49 heavy (non-hydrogen) atoms. The smallest absolute Gasteiger partial charge is 0.160 e. The van der Waals surface area contributed by atoms with E-state index in [9.17, 15) is 0 Å². The average molecular weight is 631 g/mol. The first-order valence-electron chi connectivity index (χ1n) is 17.6. The summed E-state index contributed by atoms with van der Waals surface area (Å²) in [6.45, 7) is 2.18. The molecule has 0 aliphatic heterocycles. The van der Waals surface area contributed by atoms with Gasteiger partial charge >= 0.3 is 0 Å². The van der Waals surface area contributed by atoms with Crippen LogP contribution in [0.15, 0.2) is 152 Å². The first-order chi connectivity index (χ1) is 24.2. The third-order valence-corrected chi connectivity index (χ3v) is 10.9. The van der Waals surface area contributed by atoms with Gasteiger partial charge < -0.3 is 0 Å². The highest BCUT2D eigenvalue weighted by molar-refractivity contribution is 5.85. The second-order valence-corrected chi connectivity index (χ2v) is 13.7. The van der Waals surface area contributed by atoms with Gasteiger partial charge in [-0.3, -0.25) is 0 Å². The van der Waals surface area contributed by atoms with Crippen molar-refractivity contribution in [1.29, 1.82) is 0 Å². The summed E-state index contributed by atoms with van der Waals surface area (Å²) in [5, 5.41) is 0. The summed E-state index contributed by atoms with van der Waals surface area (Å²) < 4.78 is 0. The van der Waals surface area contributed by atoms with E-state index in [1.165, 1.54) is 76.6 Å². The fourth-order valence-corrected chi connectivity index (χ4v) is 8.34. The van der Waals surface area contributed by atoms with E-state index in [-0.39, 0.29) is 5.41 Å². The number of aromatic nitrogens is 2. The van der Waals surface area contributed by atoms with Gasteiger partial charge in [-0.15, -0.1) is 0 Å². The first kappa shape index (κ1) is 29.5. The molecule has 9 rings (SSSR count). The summed E-state index contributed by atoms with van der Waals surface area (Å²) in [4.78, 5) is 10.2. The predicted molar refractivity (Wildman–Crippen MR) is 203 cm³/mol. The van der Waals surface area contributed by atoms with Crippen molar-refractivity contribution in [1.82, 2.24) is 9.97 Å². The van der Waals surface area contributed by atoms with E-state index < -0.39 is 0 Å². The topological polar surface area (TPSA) is 25.8 Å². The molecule has 1 fully saturated rings. The molecule has 0 radical (unpaired) electrons. The molecule has 1 aromatic heterocycles. The van der Waals surface area contributed by atoms with Crippen LogP contribution in [0.3, 0.4) is 0 Å². The Bertz CT molecular complexity index is 2240. The minimum absolute atomic E-state index is 0.196. The largest absolute Gasteiger partial charge is 0.228 e. The summed E-state index contributed by atoms with van der Waals surface area (Å²) in [5.74, 6) is 0.729. The predicted octanol–water partition coefficient (Wildman–Crippen LogP) is 12.4. The molecule has 2 heteroatoms. The molecule has 1 heterocycles. The molecule has 0 saturated heterocycles. The molecule has 6 aromatic carbocycles. The van der Waals surface area contributed by atoms with Crippen LogP contribution in [0, 0.1) is 6.92 Å². The molecule has 0 N–H and O–H groups in total. The van der Waals surface area contributed by atoms with Crippen molar-refractivity contribution in [3.8, 4) is 67.3 Å². The van der Waals surface area contributed by atoms with Crippen molar-refractivity contribution in [2.45, 2.75) is 44.4 Å². The Morgan fingerprint density at radius 1 is 0.408 bits per heavy atom. The lowest BCUT2D eigenvalue weighted by molar-refractivity contribution is 0.353. The van der Waals surface area contributed by atoms with Crippen LogP contribution in [-0.4, -0.2) is 9.97 Å². The third-order valence-electron chi connectivity index (χ3n) is 10.9. The molecule has 0 amide bonds. The fraction of sp³-hybridized carbons (Fsp3) is 0.149. The van der Waals surface area contributed by atoms with Gasteiger partial charge in [-0.1, -0.05) is 153 Å². The van der Waals surface area contributed by atoms with Gasteiger partial charge in [0.2, 0.25) is 0 Å². The normalized spacial score (nSPS) is 14.4. The molecule has 2 aliphatic carbocycles. The highest BCUT2D eigenvalue weighted by Gasteiger charge is 2.43. The summed E-state index contributed by atoms with van der Waals surface area (Å²) in [5.41, 5.74) is 17.3. The second-order valence-electron chi connectivity index (χ2n) is 13.7. The van der Waals surface area contributed by atoms with Crippen LogP contribution in [0.2, 0.25) is 0 Å². The van der Waals surface area contributed by atoms with Gasteiger partial charge in [0.25, 0.3) is 0 Å². The number of hydrogen-bond donors (Lipinski definition) is 0. The zero-order chi connectivity index (χ0) is 32.8. The molecule has 236 valence electrons. The van der Waals surface area contributed by atoms with Crippen molar-refractivity contribution < 1.29 is 0 Å². The molecule has 0 unspecified atom stereocenters. The van der Waals surface area contributed by atoms with E-state index >= 15 is 0 Å². The molecular formula is C47H38N2. The van der Waals surface area contributed by atoms with Gasteiger partial charge in [-0.05, 0) is 88.0 Å². The third kappa shape index (κ3) is 5.20. The van der Waals surface area contributed by atoms with Crippen molar-refractivity contribution >= 4 is 0 Å². The lowest BCUT2D eigenvalue weighted by Crippen LogP contribution is -2.27.